The number of fused-ring (bicyclic) bond motifs is 3. The Morgan fingerprint density at radius 2 is 1.48 bits per heavy atom. The van der Waals surface area contributed by atoms with Crippen LogP contribution in [0.1, 0.15) is 26.3 Å². The maximum atomic E-state index is 4.56. The molecule has 2 heterocycles. The van der Waals surface area contributed by atoms with Gasteiger partial charge >= 0.3 is 0 Å². The highest BCUT2D eigenvalue weighted by atomic mass is 14.9. The Labute approximate surface area is 147 Å². The summed E-state index contributed by atoms with van der Waals surface area (Å²) in [6.45, 7) is 6.68. The van der Waals surface area contributed by atoms with Crippen molar-refractivity contribution in [3.05, 3.63) is 72.6 Å². The smallest absolute Gasteiger partial charge is 0.0985 e. The monoisotopic (exact) mass is 327 g/mol. The molecule has 3 heteroatoms. The first-order valence-corrected chi connectivity index (χ1v) is 8.52. The van der Waals surface area contributed by atoms with Crippen molar-refractivity contribution < 1.29 is 0 Å². The van der Waals surface area contributed by atoms with Crippen LogP contribution in [0.5, 0.6) is 0 Å². The van der Waals surface area contributed by atoms with E-state index in [2.05, 4.69) is 78.5 Å². The van der Waals surface area contributed by atoms with Gasteiger partial charge in [0.25, 0.3) is 0 Å². The van der Waals surface area contributed by atoms with Crippen LogP contribution < -0.4 is 5.32 Å². The standard InChI is InChI=1S/C22H21N3/c1-22(2,3)16-8-10-17(11-9-16)25-19-14-15-6-4-12-23-20(15)21-18(19)7-5-13-24-21/h4-14,25H,1-3H3. The zero-order valence-corrected chi connectivity index (χ0v) is 14.7. The molecule has 0 spiro atoms. The number of benzene rings is 2. The zero-order valence-electron chi connectivity index (χ0n) is 14.7. The number of rotatable bonds is 2. The Bertz CT molecular complexity index is 1040. The second kappa shape index (κ2) is 5.85. The van der Waals surface area contributed by atoms with Crippen LogP contribution in [0.15, 0.2) is 67.0 Å². The number of anilines is 2. The predicted molar refractivity (Wildman–Crippen MR) is 105 cm³/mol. The Morgan fingerprint density at radius 3 is 2.20 bits per heavy atom. The number of pyridine rings is 2. The molecule has 0 radical (unpaired) electrons. The van der Waals surface area contributed by atoms with Gasteiger partial charge in [-0.2, -0.15) is 0 Å². The zero-order chi connectivity index (χ0) is 17.4. The van der Waals surface area contributed by atoms with Crippen LogP contribution in [0.25, 0.3) is 21.8 Å². The second-order valence-corrected chi connectivity index (χ2v) is 7.35. The van der Waals surface area contributed by atoms with E-state index in [0.29, 0.717) is 0 Å². The van der Waals surface area contributed by atoms with Crippen molar-refractivity contribution in [1.82, 2.24) is 9.97 Å². The van der Waals surface area contributed by atoms with Gasteiger partial charge in [0.2, 0.25) is 0 Å². The van der Waals surface area contributed by atoms with Gasteiger partial charge in [-0.15, -0.1) is 0 Å². The van der Waals surface area contributed by atoms with Crippen LogP contribution in [0.2, 0.25) is 0 Å². The van der Waals surface area contributed by atoms with Crippen molar-refractivity contribution in [2.45, 2.75) is 26.2 Å². The quantitative estimate of drug-likeness (QED) is 0.471. The molecule has 0 fully saturated rings. The van der Waals surface area contributed by atoms with Crippen LogP contribution in [0, 0.1) is 0 Å². The molecular weight excluding hydrogens is 306 g/mol. The van der Waals surface area contributed by atoms with Crippen molar-refractivity contribution in [3.8, 4) is 0 Å². The molecule has 0 bridgehead atoms. The number of hydrogen-bond donors (Lipinski definition) is 1. The van der Waals surface area contributed by atoms with Gasteiger partial charge in [0, 0.05) is 34.5 Å². The largest absolute Gasteiger partial charge is 0.355 e. The van der Waals surface area contributed by atoms with Gasteiger partial charge in [-0.25, -0.2) is 0 Å². The highest BCUT2D eigenvalue weighted by Gasteiger charge is 2.13. The minimum absolute atomic E-state index is 0.157. The number of nitrogens with zero attached hydrogens (tertiary/aromatic N) is 2. The molecule has 0 amide bonds. The summed E-state index contributed by atoms with van der Waals surface area (Å²) in [7, 11) is 0. The second-order valence-electron chi connectivity index (χ2n) is 7.35. The number of aromatic nitrogens is 2. The molecule has 3 nitrogen and oxygen atoms in total. The normalized spacial score (nSPS) is 11.8. The lowest BCUT2D eigenvalue weighted by molar-refractivity contribution is 0.590. The van der Waals surface area contributed by atoms with E-state index in [4.69, 9.17) is 0 Å². The Morgan fingerprint density at radius 1 is 0.800 bits per heavy atom. The molecule has 2 aromatic heterocycles. The Kier molecular flexibility index (Phi) is 3.65. The highest BCUT2D eigenvalue weighted by Crippen LogP contribution is 2.32. The van der Waals surface area contributed by atoms with E-state index >= 15 is 0 Å². The van der Waals surface area contributed by atoms with Crippen LogP contribution in [-0.2, 0) is 5.41 Å². The maximum Gasteiger partial charge on any atom is 0.0985 e. The average molecular weight is 327 g/mol. The predicted octanol–water partition coefficient (Wildman–Crippen LogP) is 5.82. The van der Waals surface area contributed by atoms with Crippen molar-refractivity contribution in [2.75, 3.05) is 5.32 Å². The molecule has 0 atom stereocenters. The lowest BCUT2D eigenvalue weighted by atomic mass is 9.87. The van der Waals surface area contributed by atoms with Gasteiger partial charge in [-0.1, -0.05) is 39.0 Å². The Balaban J connectivity index is 1.80. The summed E-state index contributed by atoms with van der Waals surface area (Å²) in [6, 6.07) is 18.9. The van der Waals surface area contributed by atoms with E-state index in [1.54, 1.807) is 0 Å². The first kappa shape index (κ1) is 15.6. The summed E-state index contributed by atoms with van der Waals surface area (Å²) in [5, 5.41) is 5.71. The van der Waals surface area contributed by atoms with Crippen molar-refractivity contribution in [1.29, 1.82) is 0 Å². The van der Waals surface area contributed by atoms with Gasteiger partial charge in [0.1, 0.15) is 0 Å². The van der Waals surface area contributed by atoms with E-state index in [1.165, 1.54) is 5.56 Å². The third-order valence-corrected chi connectivity index (χ3v) is 4.49. The van der Waals surface area contributed by atoms with Crippen molar-refractivity contribution in [3.63, 3.8) is 0 Å². The lowest BCUT2D eigenvalue weighted by Crippen LogP contribution is -2.10. The van der Waals surface area contributed by atoms with E-state index < -0.39 is 0 Å². The van der Waals surface area contributed by atoms with Gasteiger partial charge in [-0.05, 0) is 47.4 Å². The average Bonchev–Trinajstić information content (AvgIpc) is 2.62. The van der Waals surface area contributed by atoms with Gasteiger partial charge in [-0.3, -0.25) is 9.97 Å². The summed E-state index contributed by atoms with van der Waals surface area (Å²) < 4.78 is 0. The topological polar surface area (TPSA) is 37.8 Å². The first-order valence-electron chi connectivity index (χ1n) is 8.52. The Hall–Kier alpha value is -2.94. The lowest BCUT2D eigenvalue weighted by Gasteiger charge is -2.19. The van der Waals surface area contributed by atoms with Gasteiger partial charge in [0.05, 0.1) is 11.0 Å². The van der Waals surface area contributed by atoms with Crippen molar-refractivity contribution in [2.24, 2.45) is 0 Å². The van der Waals surface area contributed by atoms with E-state index in [9.17, 15) is 0 Å². The van der Waals surface area contributed by atoms with Crippen LogP contribution >= 0.6 is 0 Å². The molecule has 2 aromatic carbocycles. The molecule has 4 aromatic rings. The molecule has 4 rings (SSSR count). The summed E-state index contributed by atoms with van der Waals surface area (Å²) in [5.74, 6) is 0. The molecule has 1 N–H and O–H groups in total. The molecule has 0 saturated carbocycles. The van der Waals surface area contributed by atoms with E-state index in [-0.39, 0.29) is 5.41 Å². The summed E-state index contributed by atoms with van der Waals surface area (Å²) in [5.41, 5.74) is 5.46. The maximum absolute atomic E-state index is 4.56. The summed E-state index contributed by atoms with van der Waals surface area (Å²) in [6.07, 6.45) is 3.63. The molecule has 0 saturated heterocycles. The van der Waals surface area contributed by atoms with Crippen LogP contribution in [0.4, 0.5) is 11.4 Å². The van der Waals surface area contributed by atoms with E-state index in [1.807, 2.05) is 24.5 Å². The van der Waals surface area contributed by atoms with Crippen molar-refractivity contribution >= 4 is 33.2 Å². The molecule has 0 aliphatic heterocycles. The van der Waals surface area contributed by atoms with Crippen LogP contribution in [0.3, 0.4) is 0 Å². The number of nitrogens with one attached hydrogen (secondary N) is 1. The fourth-order valence-electron chi connectivity index (χ4n) is 3.09. The molecule has 0 aliphatic rings. The van der Waals surface area contributed by atoms with Gasteiger partial charge in [0.15, 0.2) is 0 Å². The molecular formula is C22H21N3. The summed E-state index contributed by atoms with van der Waals surface area (Å²) >= 11 is 0. The minimum Gasteiger partial charge on any atom is -0.355 e. The number of hydrogen-bond acceptors (Lipinski definition) is 3. The first-order chi connectivity index (χ1) is 12.0. The SMILES string of the molecule is CC(C)(C)c1ccc(Nc2cc3cccnc3c3ncccc23)cc1. The van der Waals surface area contributed by atoms with Crippen LogP contribution in [-0.4, -0.2) is 9.97 Å². The third kappa shape index (κ3) is 2.93. The fraction of sp³-hybridized carbons (Fsp3) is 0.182. The highest BCUT2D eigenvalue weighted by molar-refractivity contribution is 6.09. The minimum atomic E-state index is 0.157. The van der Waals surface area contributed by atoms with Gasteiger partial charge < -0.3 is 5.32 Å². The molecule has 25 heavy (non-hydrogen) atoms. The van der Waals surface area contributed by atoms with E-state index in [0.717, 1.165) is 33.2 Å². The third-order valence-electron chi connectivity index (χ3n) is 4.49. The molecule has 124 valence electrons. The summed E-state index contributed by atoms with van der Waals surface area (Å²) in [4.78, 5) is 9.06. The molecule has 0 aliphatic carbocycles. The fourth-order valence-corrected chi connectivity index (χ4v) is 3.09. The molecule has 0 unspecified atom stereocenters.